The molecular weight excluding hydrogens is 241 g/mol. The van der Waals surface area contributed by atoms with Crippen molar-refractivity contribution >= 4 is 39.7 Å². The van der Waals surface area contributed by atoms with Gasteiger partial charge in [-0.15, -0.1) is 33.4 Å². The Morgan fingerprint density at radius 3 is 2.36 bits per heavy atom. The molecule has 0 amide bonds. The van der Waals surface area contributed by atoms with E-state index in [4.69, 9.17) is 23.2 Å². The second kappa shape index (κ2) is 5.14. The molecule has 3 nitrogen and oxygen atoms in total. The molecule has 0 saturated heterocycles. The molecule has 0 atom stereocenters. The van der Waals surface area contributed by atoms with Crippen molar-refractivity contribution in [3.05, 3.63) is 5.01 Å². The first kappa shape index (κ1) is 12.0. The molecule has 0 saturated carbocycles. The minimum absolute atomic E-state index is 0.269. The van der Waals surface area contributed by atoms with Crippen molar-refractivity contribution in [3.8, 4) is 0 Å². The van der Waals surface area contributed by atoms with Crippen molar-refractivity contribution in [3.63, 3.8) is 0 Å². The molecule has 0 radical (unpaired) electrons. The van der Waals surface area contributed by atoms with Gasteiger partial charge in [0.05, 0.1) is 5.54 Å². The normalized spacial score (nSPS) is 11.7. The number of halogens is 2. The van der Waals surface area contributed by atoms with E-state index < -0.39 is 0 Å². The van der Waals surface area contributed by atoms with Crippen LogP contribution in [0.2, 0.25) is 0 Å². The number of aromatic nitrogens is 2. The maximum absolute atomic E-state index is 5.89. The number of alkyl halides is 2. The largest absolute Gasteiger partial charge is 0.352 e. The molecule has 0 fully saturated rings. The third-order valence-electron chi connectivity index (χ3n) is 2.09. The lowest BCUT2D eigenvalue weighted by Crippen LogP contribution is -2.41. The summed E-state index contributed by atoms with van der Waals surface area (Å²) in [7, 11) is 0. The van der Waals surface area contributed by atoms with Gasteiger partial charge in [0, 0.05) is 11.8 Å². The summed E-state index contributed by atoms with van der Waals surface area (Å²) >= 11 is 13.3. The highest BCUT2D eigenvalue weighted by atomic mass is 35.5. The molecule has 1 aromatic rings. The number of aryl methyl sites for hydroxylation is 1. The summed E-state index contributed by atoms with van der Waals surface area (Å²) < 4.78 is 0. The van der Waals surface area contributed by atoms with Crippen LogP contribution >= 0.6 is 34.5 Å². The highest BCUT2D eigenvalue weighted by molar-refractivity contribution is 7.15. The fraction of sp³-hybridized carbons (Fsp3) is 0.750. The second-order valence-corrected chi connectivity index (χ2v) is 4.87. The number of nitrogens with one attached hydrogen (secondary N) is 1. The van der Waals surface area contributed by atoms with Gasteiger partial charge < -0.3 is 5.32 Å². The van der Waals surface area contributed by atoms with E-state index in [2.05, 4.69) is 15.5 Å². The van der Waals surface area contributed by atoms with Crippen LogP contribution in [0, 0.1) is 6.92 Å². The molecule has 0 spiro atoms. The summed E-state index contributed by atoms with van der Waals surface area (Å²) in [6, 6.07) is 0. The van der Waals surface area contributed by atoms with Crippen LogP contribution in [-0.2, 0) is 0 Å². The SMILES string of the molecule is CCC(CCl)(CCl)Nc1nnc(C)s1. The third-order valence-corrected chi connectivity index (χ3v) is 3.86. The molecule has 0 aliphatic heterocycles. The highest BCUT2D eigenvalue weighted by Gasteiger charge is 2.27. The number of hydrogen-bond donors (Lipinski definition) is 1. The average Bonchev–Trinajstić information content (AvgIpc) is 2.61. The van der Waals surface area contributed by atoms with Crippen molar-refractivity contribution < 1.29 is 0 Å². The van der Waals surface area contributed by atoms with Crippen LogP contribution in [0.3, 0.4) is 0 Å². The van der Waals surface area contributed by atoms with E-state index in [1.807, 2.05) is 13.8 Å². The molecule has 0 aliphatic rings. The lowest BCUT2D eigenvalue weighted by Gasteiger charge is -2.28. The van der Waals surface area contributed by atoms with Crippen LogP contribution < -0.4 is 5.32 Å². The summed E-state index contributed by atoms with van der Waals surface area (Å²) in [5.41, 5.74) is -0.269. The van der Waals surface area contributed by atoms with Gasteiger partial charge in [-0.3, -0.25) is 0 Å². The van der Waals surface area contributed by atoms with E-state index in [0.717, 1.165) is 16.6 Å². The van der Waals surface area contributed by atoms with Crippen molar-refractivity contribution in [2.45, 2.75) is 25.8 Å². The van der Waals surface area contributed by atoms with Gasteiger partial charge in [0.1, 0.15) is 5.01 Å². The smallest absolute Gasteiger partial charge is 0.206 e. The van der Waals surface area contributed by atoms with E-state index in [1.165, 1.54) is 11.3 Å². The van der Waals surface area contributed by atoms with Gasteiger partial charge >= 0.3 is 0 Å². The molecule has 0 bridgehead atoms. The van der Waals surface area contributed by atoms with Gasteiger partial charge in [0.2, 0.25) is 5.13 Å². The van der Waals surface area contributed by atoms with Crippen LogP contribution in [0.1, 0.15) is 18.4 Å². The van der Waals surface area contributed by atoms with Crippen LogP contribution in [0.5, 0.6) is 0 Å². The zero-order valence-corrected chi connectivity index (χ0v) is 10.5. The van der Waals surface area contributed by atoms with Crippen molar-refractivity contribution in [2.75, 3.05) is 17.1 Å². The summed E-state index contributed by atoms with van der Waals surface area (Å²) in [5.74, 6) is 0.928. The zero-order valence-electron chi connectivity index (χ0n) is 8.18. The van der Waals surface area contributed by atoms with Crippen molar-refractivity contribution in [2.24, 2.45) is 0 Å². The molecule has 80 valence electrons. The standard InChI is InChI=1S/C8H13Cl2N3S/c1-3-8(4-9,5-10)11-7-13-12-6(2)14-7/h3-5H2,1-2H3,(H,11,13). The van der Waals surface area contributed by atoms with Gasteiger partial charge in [-0.25, -0.2) is 0 Å². The predicted molar refractivity (Wildman–Crippen MR) is 62.7 cm³/mol. The molecule has 0 aromatic carbocycles. The van der Waals surface area contributed by atoms with E-state index in [1.54, 1.807) is 0 Å². The zero-order chi connectivity index (χ0) is 10.6. The molecule has 14 heavy (non-hydrogen) atoms. The summed E-state index contributed by atoms with van der Waals surface area (Å²) in [5, 5.41) is 12.9. The van der Waals surface area contributed by atoms with Gasteiger partial charge in [-0.1, -0.05) is 18.3 Å². The van der Waals surface area contributed by atoms with Crippen LogP contribution in [-0.4, -0.2) is 27.5 Å². The third kappa shape index (κ3) is 2.72. The molecule has 1 rings (SSSR count). The van der Waals surface area contributed by atoms with Crippen LogP contribution in [0.4, 0.5) is 5.13 Å². The molecular formula is C8H13Cl2N3S. The fourth-order valence-electron chi connectivity index (χ4n) is 0.954. The monoisotopic (exact) mass is 253 g/mol. The van der Waals surface area contributed by atoms with Crippen molar-refractivity contribution in [1.82, 2.24) is 10.2 Å². The Hall–Kier alpha value is -0.0600. The molecule has 0 unspecified atom stereocenters. The number of nitrogens with zero attached hydrogens (tertiary/aromatic N) is 2. The first-order valence-corrected chi connectivity index (χ1v) is 6.24. The Balaban J connectivity index is 2.73. The average molecular weight is 254 g/mol. The Bertz CT molecular complexity index is 278. The molecule has 1 heterocycles. The van der Waals surface area contributed by atoms with Gasteiger partial charge in [0.25, 0.3) is 0 Å². The maximum Gasteiger partial charge on any atom is 0.206 e. The topological polar surface area (TPSA) is 37.8 Å². The minimum atomic E-state index is -0.269. The van der Waals surface area contributed by atoms with E-state index in [0.29, 0.717) is 11.8 Å². The summed E-state index contributed by atoms with van der Waals surface area (Å²) in [6.07, 6.45) is 0.860. The van der Waals surface area contributed by atoms with Crippen LogP contribution in [0.25, 0.3) is 0 Å². The maximum atomic E-state index is 5.89. The Morgan fingerprint density at radius 1 is 1.36 bits per heavy atom. The molecule has 6 heteroatoms. The fourth-order valence-corrected chi connectivity index (χ4v) is 2.46. The quantitative estimate of drug-likeness (QED) is 0.821. The van der Waals surface area contributed by atoms with E-state index in [9.17, 15) is 0 Å². The first-order chi connectivity index (χ1) is 6.65. The lowest BCUT2D eigenvalue weighted by atomic mass is 10.0. The van der Waals surface area contributed by atoms with Crippen molar-refractivity contribution in [1.29, 1.82) is 0 Å². The molecule has 1 N–H and O–H groups in total. The summed E-state index contributed by atoms with van der Waals surface area (Å²) in [6.45, 7) is 3.96. The predicted octanol–water partition coefficient (Wildman–Crippen LogP) is 2.88. The molecule has 1 aromatic heterocycles. The van der Waals surface area contributed by atoms with E-state index >= 15 is 0 Å². The number of rotatable bonds is 5. The van der Waals surface area contributed by atoms with Gasteiger partial charge in [-0.2, -0.15) is 0 Å². The van der Waals surface area contributed by atoms with Crippen LogP contribution in [0.15, 0.2) is 0 Å². The number of hydrogen-bond acceptors (Lipinski definition) is 4. The van der Waals surface area contributed by atoms with Gasteiger partial charge in [0.15, 0.2) is 0 Å². The number of anilines is 1. The molecule has 0 aliphatic carbocycles. The summed E-state index contributed by atoms with van der Waals surface area (Å²) in [4.78, 5) is 0. The minimum Gasteiger partial charge on any atom is -0.352 e. The lowest BCUT2D eigenvalue weighted by molar-refractivity contribution is 0.559. The Kier molecular flexibility index (Phi) is 4.41. The first-order valence-electron chi connectivity index (χ1n) is 4.36. The Labute approximate surface area is 97.8 Å². The highest BCUT2D eigenvalue weighted by Crippen LogP contribution is 2.24. The Morgan fingerprint density at radius 2 is 2.00 bits per heavy atom. The van der Waals surface area contributed by atoms with Gasteiger partial charge in [-0.05, 0) is 13.3 Å². The second-order valence-electron chi connectivity index (χ2n) is 3.15. The van der Waals surface area contributed by atoms with E-state index in [-0.39, 0.29) is 5.54 Å².